The van der Waals surface area contributed by atoms with Crippen LogP contribution in [0.25, 0.3) is 10.1 Å². The summed E-state index contributed by atoms with van der Waals surface area (Å²) >= 11 is 1.26. The Bertz CT molecular complexity index is 1200. The Kier molecular flexibility index (Phi) is 7.31. The van der Waals surface area contributed by atoms with E-state index in [-0.39, 0.29) is 29.3 Å². The first kappa shape index (κ1) is 24.6. The summed E-state index contributed by atoms with van der Waals surface area (Å²) in [5.41, 5.74) is 0.850. The van der Waals surface area contributed by atoms with Crippen molar-refractivity contribution in [3.63, 3.8) is 0 Å². The van der Waals surface area contributed by atoms with E-state index in [2.05, 4.69) is 0 Å². The summed E-state index contributed by atoms with van der Waals surface area (Å²) in [6.07, 6.45) is -2.52. The molecule has 1 aromatic heterocycles. The van der Waals surface area contributed by atoms with Gasteiger partial charge in [-0.2, -0.15) is 13.2 Å². The molecule has 0 aliphatic heterocycles. The third-order valence-corrected chi connectivity index (χ3v) is 6.48. The number of carboxylic acid groups (broad SMARTS) is 1. The lowest BCUT2D eigenvalue weighted by atomic mass is 9.99. The fourth-order valence-corrected chi connectivity index (χ4v) is 4.95. The zero-order valence-electron chi connectivity index (χ0n) is 18.1. The highest BCUT2D eigenvalue weighted by Gasteiger charge is 2.31. The number of phenolic OH excluding ortho intramolecular Hbond substituents is 1. The van der Waals surface area contributed by atoms with E-state index in [1.807, 2.05) is 6.92 Å². The van der Waals surface area contributed by atoms with Crippen molar-refractivity contribution in [3.8, 4) is 11.5 Å². The van der Waals surface area contributed by atoms with E-state index in [1.54, 1.807) is 6.92 Å². The maximum atomic E-state index is 13.1. The lowest BCUT2D eigenvalue weighted by Crippen LogP contribution is -2.10. The SMILES string of the molecule is CCCc1c(CCC(=O)c2cc(C)c(OCC(=O)O)cc2O)sc2cc(C(F)(F)F)ccc12. The minimum atomic E-state index is -4.42. The monoisotopic (exact) mass is 480 g/mol. The van der Waals surface area contributed by atoms with Crippen LogP contribution in [-0.4, -0.2) is 28.6 Å². The molecule has 0 spiro atoms. The molecule has 0 saturated heterocycles. The number of aromatic hydroxyl groups is 1. The molecular formula is C24H23F3O5S. The highest BCUT2D eigenvalue weighted by molar-refractivity contribution is 7.19. The van der Waals surface area contributed by atoms with Crippen molar-refractivity contribution in [2.24, 2.45) is 0 Å². The van der Waals surface area contributed by atoms with Gasteiger partial charge in [-0.15, -0.1) is 11.3 Å². The van der Waals surface area contributed by atoms with Crippen LogP contribution in [0, 0.1) is 6.92 Å². The topological polar surface area (TPSA) is 83.8 Å². The lowest BCUT2D eigenvalue weighted by molar-refractivity contribution is -0.139. The van der Waals surface area contributed by atoms with Gasteiger partial charge in [0.15, 0.2) is 12.4 Å². The Labute approximate surface area is 192 Å². The number of hydrogen-bond acceptors (Lipinski definition) is 5. The number of aliphatic carboxylic acids is 1. The van der Waals surface area contributed by atoms with Gasteiger partial charge in [0.1, 0.15) is 11.5 Å². The van der Waals surface area contributed by atoms with Gasteiger partial charge in [-0.1, -0.05) is 19.4 Å². The van der Waals surface area contributed by atoms with E-state index in [4.69, 9.17) is 9.84 Å². The van der Waals surface area contributed by atoms with Crippen molar-refractivity contribution in [2.45, 2.75) is 45.7 Å². The second-order valence-corrected chi connectivity index (χ2v) is 8.84. The number of alkyl halides is 3. The zero-order valence-corrected chi connectivity index (χ0v) is 18.9. The molecule has 9 heteroatoms. The average molecular weight is 481 g/mol. The molecule has 3 aromatic rings. The molecule has 0 saturated carbocycles. The van der Waals surface area contributed by atoms with Crippen LogP contribution in [0.3, 0.4) is 0 Å². The van der Waals surface area contributed by atoms with E-state index in [9.17, 15) is 27.9 Å². The van der Waals surface area contributed by atoms with Crippen molar-refractivity contribution in [2.75, 3.05) is 6.61 Å². The maximum Gasteiger partial charge on any atom is 0.416 e. The average Bonchev–Trinajstić information content (AvgIpc) is 3.08. The number of thiophene rings is 1. The molecule has 2 aromatic carbocycles. The first-order valence-corrected chi connectivity index (χ1v) is 11.2. The number of ketones is 1. The smallest absolute Gasteiger partial charge is 0.416 e. The highest BCUT2D eigenvalue weighted by Crippen LogP contribution is 2.38. The molecule has 0 atom stereocenters. The second kappa shape index (κ2) is 9.82. The van der Waals surface area contributed by atoms with Gasteiger partial charge in [0.05, 0.1) is 11.1 Å². The van der Waals surface area contributed by atoms with E-state index >= 15 is 0 Å². The standard InChI is InChI=1S/C24H23F3O5S/c1-3-4-15-16-6-5-14(24(25,26)27)10-22(16)33-21(15)8-7-18(28)17-9-13(2)20(11-19(17)29)32-12-23(30)31/h5-6,9-11,29H,3-4,7-8,12H2,1-2H3,(H,30,31). The van der Waals surface area contributed by atoms with Crippen LogP contribution < -0.4 is 4.74 Å². The van der Waals surface area contributed by atoms with Crippen LogP contribution in [0.15, 0.2) is 30.3 Å². The fraction of sp³-hybridized carbons (Fsp3) is 0.333. The third-order valence-electron chi connectivity index (χ3n) is 5.23. The number of carbonyl (C=O) groups is 2. The van der Waals surface area contributed by atoms with Gasteiger partial charge in [0.25, 0.3) is 0 Å². The van der Waals surface area contributed by atoms with Crippen LogP contribution in [0.2, 0.25) is 0 Å². The number of halogens is 3. The maximum absolute atomic E-state index is 13.1. The summed E-state index contributed by atoms with van der Waals surface area (Å²) < 4.78 is 44.9. The normalized spacial score (nSPS) is 11.7. The van der Waals surface area contributed by atoms with E-state index in [0.29, 0.717) is 23.1 Å². The van der Waals surface area contributed by atoms with Gasteiger partial charge in [-0.3, -0.25) is 4.79 Å². The van der Waals surface area contributed by atoms with Gasteiger partial charge in [-0.05, 0) is 54.5 Å². The minimum absolute atomic E-state index is 0.0675. The van der Waals surface area contributed by atoms with Crippen LogP contribution >= 0.6 is 11.3 Å². The Morgan fingerprint density at radius 3 is 2.48 bits per heavy atom. The highest BCUT2D eigenvalue weighted by atomic mass is 32.1. The number of benzene rings is 2. The molecule has 0 fully saturated rings. The third kappa shape index (κ3) is 5.65. The summed E-state index contributed by atoms with van der Waals surface area (Å²) in [5, 5.41) is 19.8. The van der Waals surface area contributed by atoms with Gasteiger partial charge in [0.2, 0.25) is 0 Å². The first-order valence-electron chi connectivity index (χ1n) is 10.3. The van der Waals surface area contributed by atoms with Crippen molar-refractivity contribution < 1.29 is 37.7 Å². The molecule has 2 N–H and O–H groups in total. The summed E-state index contributed by atoms with van der Waals surface area (Å²) in [6.45, 7) is 3.05. The summed E-state index contributed by atoms with van der Waals surface area (Å²) in [6, 6.07) is 6.39. The fourth-order valence-electron chi connectivity index (χ4n) is 3.66. The number of aryl methyl sites for hydroxylation is 3. The Balaban J connectivity index is 1.83. The number of rotatable bonds is 9. The molecule has 176 valence electrons. The number of carbonyl (C=O) groups excluding carboxylic acids is 1. The number of carboxylic acids is 1. The summed E-state index contributed by atoms with van der Waals surface area (Å²) in [7, 11) is 0. The molecule has 0 bridgehead atoms. The summed E-state index contributed by atoms with van der Waals surface area (Å²) in [5.74, 6) is -1.63. The van der Waals surface area contributed by atoms with Gasteiger partial charge < -0.3 is 14.9 Å². The quantitative estimate of drug-likeness (QED) is 0.358. The molecule has 0 radical (unpaired) electrons. The van der Waals surface area contributed by atoms with E-state index in [1.165, 1.54) is 29.5 Å². The Morgan fingerprint density at radius 1 is 1.12 bits per heavy atom. The van der Waals surface area contributed by atoms with Gasteiger partial charge in [-0.25, -0.2) is 4.79 Å². The van der Waals surface area contributed by atoms with Crippen LogP contribution in [0.1, 0.15) is 51.7 Å². The number of ether oxygens (including phenoxy) is 1. The number of hydrogen-bond donors (Lipinski definition) is 2. The molecule has 1 heterocycles. The molecule has 0 unspecified atom stereocenters. The lowest BCUT2D eigenvalue weighted by Gasteiger charge is -2.11. The number of phenols is 1. The van der Waals surface area contributed by atoms with Crippen LogP contribution in [0.4, 0.5) is 13.2 Å². The molecule has 33 heavy (non-hydrogen) atoms. The van der Waals surface area contributed by atoms with E-state index in [0.717, 1.165) is 34.4 Å². The van der Waals surface area contributed by atoms with Crippen molar-refractivity contribution in [1.82, 2.24) is 0 Å². The van der Waals surface area contributed by atoms with Crippen LogP contribution in [-0.2, 0) is 23.8 Å². The van der Waals surface area contributed by atoms with Gasteiger partial charge in [0, 0.05) is 22.1 Å². The largest absolute Gasteiger partial charge is 0.507 e. The molecule has 0 aliphatic rings. The number of fused-ring (bicyclic) bond motifs is 1. The molecule has 0 aliphatic carbocycles. The molecule has 5 nitrogen and oxygen atoms in total. The van der Waals surface area contributed by atoms with Crippen molar-refractivity contribution in [1.29, 1.82) is 0 Å². The minimum Gasteiger partial charge on any atom is -0.507 e. The van der Waals surface area contributed by atoms with E-state index < -0.39 is 24.3 Å². The van der Waals surface area contributed by atoms with Gasteiger partial charge >= 0.3 is 12.1 Å². The first-order chi connectivity index (χ1) is 15.5. The molecule has 0 amide bonds. The predicted molar refractivity (Wildman–Crippen MR) is 119 cm³/mol. The number of Topliss-reactive ketones (excluding diaryl/α,β-unsaturated/α-hetero) is 1. The second-order valence-electron chi connectivity index (χ2n) is 7.70. The Morgan fingerprint density at radius 2 is 1.85 bits per heavy atom. The van der Waals surface area contributed by atoms with Crippen molar-refractivity contribution >= 4 is 33.2 Å². The molecule has 3 rings (SSSR count). The molecular weight excluding hydrogens is 457 g/mol. The van der Waals surface area contributed by atoms with Crippen LogP contribution in [0.5, 0.6) is 11.5 Å². The zero-order chi connectivity index (χ0) is 24.3. The predicted octanol–water partition coefficient (Wildman–Crippen LogP) is 6.17. The van der Waals surface area contributed by atoms with Crippen molar-refractivity contribution in [3.05, 3.63) is 57.5 Å². The summed E-state index contributed by atoms with van der Waals surface area (Å²) in [4.78, 5) is 24.3. The Hall–Kier alpha value is -3.07.